The summed E-state index contributed by atoms with van der Waals surface area (Å²) in [5, 5.41) is 15.5. The van der Waals surface area contributed by atoms with Crippen molar-refractivity contribution in [1.82, 2.24) is 16.1 Å². The highest BCUT2D eigenvalue weighted by molar-refractivity contribution is 5.98. The summed E-state index contributed by atoms with van der Waals surface area (Å²) in [5.41, 5.74) is 5.47. The first-order chi connectivity index (χ1) is 16.5. The minimum Gasteiger partial charge on any atom is -0.351 e. The minimum absolute atomic E-state index is 0.0209. The van der Waals surface area contributed by atoms with Crippen LogP contribution in [-0.4, -0.2) is 47.0 Å². The molecule has 7 N–H and O–H groups in total. The van der Waals surface area contributed by atoms with Gasteiger partial charge in [0.1, 0.15) is 11.6 Å². The molecule has 12 heteroatoms. The third-order valence-corrected chi connectivity index (χ3v) is 4.80. The van der Waals surface area contributed by atoms with Crippen LogP contribution >= 0.6 is 0 Å². The topological polar surface area (TPSA) is 163 Å². The van der Waals surface area contributed by atoms with Crippen molar-refractivity contribution in [3.8, 4) is 11.8 Å². The molecule has 35 heavy (non-hydrogen) atoms. The number of primary amides is 1. The van der Waals surface area contributed by atoms with Crippen molar-refractivity contribution >= 4 is 29.4 Å². The zero-order valence-corrected chi connectivity index (χ0v) is 18.7. The van der Waals surface area contributed by atoms with Crippen LogP contribution in [0.4, 0.5) is 19.3 Å². The van der Waals surface area contributed by atoms with E-state index in [0.29, 0.717) is 16.8 Å². The molecule has 2 atom stereocenters. The predicted molar refractivity (Wildman–Crippen MR) is 121 cm³/mol. The lowest BCUT2D eigenvalue weighted by atomic mass is 9.91. The lowest BCUT2D eigenvalue weighted by molar-refractivity contribution is -0.137. The SMILES string of the molecule is CC(=O)NC(C)(C(F)F)[C@H](NC(=O)c1ccc(C#Cc2ccc(NC(N)=O)cc2)cc1)C(=O)NO. The Kier molecular flexibility index (Phi) is 8.85. The first kappa shape index (κ1) is 26.7. The first-order valence-electron chi connectivity index (χ1n) is 10.1. The molecule has 184 valence electrons. The van der Waals surface area contributed by atoms with E-state index in [4.69, 9.17) is 10.9 Å². The molecule has 5 amide bonds. The molecular weight excluding hydrogens is 464 g/mol. The zero-order valence-electron chi connectivity index (χ0n) is 18.7. The number of rotatable bonds is 7. The van der Waals surface area contributed by atoms with E-state index in [2.05, 4.69) is 22.5 Å². The van der Waals surface area contributed by atoms with Gasteiger partial charge in [0.25, 0.3) is 18.2 Å². The third kappa shape index (κ3) is 7.24. The average molecular weight is 487 g/mol. The van der Waals surface area contributed by atoms with Crippen molar-refractivity contribution in [2.45, 2.75) is 31.9 Å². The number of hydroxylamine groups is 1. The van der Waals surface area contributed by atoms with Gasteiger partial charge in [-0.05, 0) is 55.5 Å². The summed E-state index contributed by atoms with van der Waals surface area (Å²) >= 11 is 0. The van der Waals surface area contributed by atoms with Gasteiger partial charge in [0.2, 0.25) is 5.91 Å². The highest BCUT2D eigenvalue weighted by atomic mass is 19.3. The number of hydrogen-bond acceptors (Lipinski definition) is 5. The van der Waals surface area contributed by atoms with Gasteiger partial charge in [0.05, 0.1) is 0 Å². The number of carbonyl (C=O) groups excluding carboxylic acids is 4. The van der Waals surface area contributed by atoms with Crippen molar-refractivity contribution < 1.29 is 33.2 Å². The molecule has 2 aromatic rings. The first-order valence-corrected chi connectivity index (χ1v) is 10.1. The second kappa shape index (κ2) is 11.6. The van der Waals surface area contributed by atoms with E-state index in [1.54, 1.807) is 24.3 Å². The van der Waals surface area contributed by atoms with E-state index in [1.165, 1.54) is 29.7 Å². The average Bonchev–Trinajstić information content (AvgIpc) is 2.80. The Hall–Kier alpha value is -4.50. The monoisotopic (exact) mass is 487 g/mol. The van der Waals surface area contributed by atoms with E-state index >= 15 is 0 Å². The van der Waals surface area contributed by atoms with Crippen molar-refractivity contribution in [1.29, 1.82) is 0 Å². The summed E-state index contributed by atoms with van der Waals surface area (Å²) in [4.78, 5) is 46.9. The van der Waals surface area contributed by atoms with Crippen molar-refractivity contribution in [2.24, 2.45) is 5.73 Å². The fraction of sp³-hybridized carbons (Fsp3) is 0.217. The molecule has 0 heterocycles. The number of nitrogens with two attached hydrogens (primary N) is 1. The fourth-order valence-electron chi connectivity index (χ4n) is 3.03. The maximum atomic E-state index is 13.7. The van der Waals surface area contributed by atoms with Crippen LogP contribution in [0.5, 0.6) is 0 Å². The molecule has 10 nitrogen and oxygen atoms in total. The van der Waals surface area contributed by atoms with Gasteiger partial charge >= 0.3 is 6.03 Å². The number of nitrogens with one attached hydrogen (secondary N) is 4. The van der Waals surface area contributed by atoms with Crippen LogP contribution in [0.2, 0.25) is 0 Å². The summed E-state index contributed by atoms with van der Waals surface area (Å²) in [6.07, 6.45) is -3.26. The summed E-state index contributed by atoms with van der Waals surface area (Å²) < 4.78 is 27.5. The molecule has 2 rings (SSSR count). The van der Waals surface area contributed by atoms with Crippen molar-refractivity contribution in [3.63, 3.8) is 0 Å². The van der Waals surface area contributed by atoms with Gasteiger partial charge in [-0.15, -0.1) is 0 Å². The van der Waals surface area contributed by atoms with E-state index in [9.17, 15) is 28.0 Å². The molecular formula is C23H23F2N5O5. The Labute approximate surface area is 199 Å². The smallest absolute Gasteiger partial charge is 0.316 e. The van der Waals surface area contributed by atoms with Crippen LogP contribution in [-0.2, 0) is 9.59 Å². The molecule has 0 saturated heterocycles. The standard InChI is InChI=1S/C23H23F2N5O5/c1-13(31)29-23(2,21(24)25)18(20(33)30-35)28-19(32)16-9-5-14(6-10-16)3-4-15-7-11-17(12-8-15)27-22(26)34/h5-12,18,21,35H,1-2H3,(H,28,32)(H,29,31)(H,30,33)(H3,26,27,34)/t18-,23?/m1/s1. The molecule has 0 saturated carbocycles. The lowest BCUT2D eigenvalue weighted by Crippen LogP contribution is -2.68. The lowest BCUT2D eigenvalue weighted by Gasteiger charge is -2.36. The fourth-order valence-corrected chi connectivity index (χ4v) is 3.03. The summed E-state index contributed by atoms with van der Waals surface area (Å²) in [7, 11) is 0. The number of carbonyl (C=O) groups is 4. The van der Waals surface area contributed by atoms with Gasteiger partial charge < -0.3 is 21.7 Å². The number of halogens is 2. The van der Waals surface area contributed by atoms with E-state index in [1.807, 2.05) is 5.32 Å². The molecule has 0 aliphatic heterocycles. The molecule has 1 unspecified atom stereocenters. The van der Waals surface area contributed by atoms with Crippen LogP contribution in [0.25, 0.3) is 0 Å². The Morgan fingerprint density at radius 1 is 0.971 bits per heavy atom. The van der Waals surface area contributed by atoms with E-state index < -0.39 is 41.8 Å². The Morgan fingerprint density at radius 3 is 1.91 bits per heavy atom. The van der Waals surface area contributed by atoms with E-state index in [0.717, 1.165) is 13.8 Å². The quantitative estimate of drug-likeness (QED) is 0.197. The molecule has 2 aromatic carbocycles. The zero-order chi connectivity index (χ0) is 26.2. The maximum absolute atomic E-state index is 13.7. The number of hydrogen-bond donors (Lipinski definition) is 6. The van der Waals surface area contributed by atoms with Crippen LogP contribution in [0, 0.1) is 11.8 Å². The second-order valence-electron chi connectivity index (χ2n) is 7.54. The Morgan fingerprint density at radius 2 is 1.49 bits per heavy atom. The number of urea groups is 1. The number of amides is 5. The predicted octanol–water partition coefficient (Wildman–Crippen LogP) is 1.34. The third-order valence-electron chi connectivity index (χ3n) is 4.80. The summed E-state index contributed by atoms with van der Waals surface area (Å²) in [5.74, 6) is 2.68. The van der Waals surface area contributed by atoms with Crippen LogP contribution < -0.4 is 27.2 Å². The molecule has 0 bridgehead atoms. The summed E-state index contributed by atoms with van der Waals surface area (Å²) in [6, 6.07) is 9.64. The normalized spacial score (nSPS) is 12.9. The van der Waals surface area contributed by atoms with Gasteiger partial charge in [0.15, 0.2) is 0 Å². The highest BCUT2D eigenvalue weighted by Crippen LogP contribution is 2.21. The maximum Gasteiger partial charge on any atom is 0.316 e. The molecule has 0 fully saturated rings. The van der Waals surface area contributed by atoms with Crippen molar-refractivity contribution in [2.75, 3.05) is 5.32 Å². The molecule has 0 aliphatic rings. The molecule has 0 radical (unpaired) electrons. The molecule has 0 spiro atoms. The second-order valence-corrected chi connectivity index (χ2v) is 7.54. The van der Waals surface area contributed by atoms with E-state index in [-0.39, 0.29) is 5.56 Å². The van der Waals surface area contributed by atoms with Crippen molar-refractivity contribution in [3.05, 3.63) is 65.2 Å². The Balaban J connectivity index is 2.18. The number of alkyl halides is 2. The van der Waals surface area contributed by atoms with Crippen LogP contribution in [0.15, 0.2) is 48.5 Å². The number of anilines is 1. The van der Waals surface area contributed by atoms with Crippen LogP contribution in [0.1, 0.15) is 35.3 Å². The number of benzene rings is 2. The van der Waals surface area contributed by atoms with Crippen LogP contribution in [0.3, 0.4) is 0 Å². The summed E-state index contributed by atoms with van der Waals surface area (Å²) in [6.45, 7) is 1.84. The highest BCUT2D eigenvalue weighted by Gasteiger charge is 2.48. The largest absolute Gasteiger partial charge is 0.351 e. The Bertz CT molecular complexity index is 1160. The van der Waals surface area contributed by atoms with Gasteiger partial charge in [-0.3, -0.25) is 19.6 Å². The van der Waals surface area contributed by atoms with Gasteiger partial charge in [-0.2, -0.15) is 0 Å². The molecule has 0 aromatic heterocycles. The van der Waals surface area contributed by atoms with Gasteiger partial charge in [-0.25, -0.2) is 19.1 Å². The molecule has 0 aliphatic carbocycles. The van der Waals surface area contributed by atoms with Gasteiger partial charge in [-0.1, -0.05) is 11.8 Å². The van der Waals surface area contributed by atoms with Gasteiger partial charge in [0, 0.05) is 29.3 Å². The minimum atomic E-state index is -3.26.